The highest BCUT2D eigenvalue weighted by molar-refractivity contribution is 5.41. The largest absolute Gasteiger partial charge is 0.388 e. The molecule has 5 heteroatoms. The van der Waals surface area contributed by atoms with Gasteiger partial charge < -0.3 is 15.7 Å². The molecule has 0 spiro atoms. The molecular weight excluding hydrogens is 228 g/mol. The van der Waals surface area contributed by atoms with Gasteiger partial charge in [-0.05, 0) is 19.8 Å². The second kappa shape index (κ2) is 6.00. The lowest BCUT2D eigenvalue weighted by Crippen LogP contribution is -2.38. The van der Waals surface area contributed by atoms with Crippen molar-refractivity contribution in [3.63, 3.8) is 0 Å². The number of anilines is 2. The molecule has 1 aliphatic rings. The molecule has 0 bridgehead atoms. The zero-order chi connectivity index (χ0) is 12.8. The van der Waals surface area contributed by atoms with Gasteiger partial charge in [-0.15, -0.1) is 0 Å². The van der Waals surface area contributed by atoms with E-state index in [1.807, 2.05) is 6.92 Å². The van der Waals surface area contributed by atoms with Crippen LogP contribution in [-0.2, 0) is 0 Å². The molecule has 100 valence electrons. The first-order valence-corrected chi connectivity index (χ1v) is 6.74. The maximum atomic E-state index is 10.4. The normalized spacial score (nSPS) is 18.3. The molecule has 1 heterocycles. The molecule has 0 unspecified atom stereocenters. The van der Waals surface area contributed by atoms with Gasteiger partial charge in [0, 0.05) is 13.1 Å². The molecule has 3 N–H and O–H groups in total. The van der Waals surface area contributed by atoms with Gasteiger partial charge in [-0.1, -0.05) is 19.3 Å². The second-order valence-electron chi connectivity index (χ2n) is 4.96. The summed E-state index contributed by atoms with van der Waals surface area (Å²) in [6.07, 6.45) is 8.60. The van der Waals surface area contributed by atoms with Gasteiger partial charge in [0.15, 0.2) is 0 Å². The molecule has 0 saturated heterocycles. The zero-order valence-corrected chi connectivity index (χ0v) is 10.9. The van der Waals surface area contributed by atoms with Crippen LogP contribution in [0.5, 0.6) is 0 Å². The van der Waals surface area contributed by atoms with Crippen molar-refractivity contribution < 1.29 is 5.11 Å². The predicted octanol–water partition coefficient (Wildman–Crippen LogP) is 2.02. The molecule has 0 aliphatic heterocycles. The molecule has 0 radical (unpaired) electrons. The summed E-state index contributed by atoms with van der Waals surface area (Å²) in [6, 6.07) is 0. The third-order valence-corrected chi connectivity index (χ3v) is 3.38. The van der Waals surface area contributed by atoms with E-state index in [1.165, 1.54) is 6.42 Å². The highest BCUT2D eigenvalue weighted by atomic mass is 16.3. The molecular formula is C13H22N4O. The van der Waals surface area contributed by atoms with Crippen molar-refractivity contribution in [2.45, 2.75) is 44.6 Å². The molecule has 1 aromatic heterocycles. The van der Waals surface area contributed by atoms with Crippen LogP contribution in [0.2, 0.25) is 0 Å². The summed E-state index contributed by atoms with van der Waals surface area (Å²) in [5, 5.41) is 16.7. The van der Waals surface area contributed by atoms with Gasteiger partial charge in [-0.25, -0.2) is 4.98 Å². The third kappa shape index (κ3) is 3.57. The van der Waals surface area contributed by atoms with Crippen LogP contribution in [0, 0.1) is 0 Å². The van der Waals surface area contributed by atoms with E-state index in [2.05, 4.69) is 20.6 Å². The first-order chi connectivity index (χ1) is 8.72. The van der Waals surface area contributed by atoms with Crippen LogP contribution in [0.1, 0.15) is 39.0 Å². The lowest BCUT2D eigenvalue weighted by atomic mass is 9.85. The highest BCUT2D eigenvalue weighted by Crippen LogP contribution is 2.28. The van der Waals surface area contributed by atoms with Gasteiger partial charge in [0.25, 0.3) is 0 Å². The van der Waals surface area contributed by atoms with Crippen LogP contribution in [0.3, 0.4) is 0 Å². The molecule has 5 nitrogen and oxygen atoms in total. The average molecular weight is 250 g/mol. The molecule has 0 aromatic carbocycles. The standard InChI is InChI=1S/C13H22N4O/c1-2-15-11-8-14-9-12(17-11)16-10-13(18)6-4-3-5-7-13/h8-9,18H,2-7,10H2,1H3,(H2,15,16,17). The van der Waals surface area contributed by atoms with Crippen molar-refractivity contribution in [1.82, 2.24) is 9.97 Å². The quantitative estimate of drug-likeness (QED) is 0.746. The van der Waals surface area contributed by atoms with E-state index in [0.29, 0.717) is 12.4 Å². The maximum Gasteiger partial charge on any atom is 0.147 e. The number of rotatable bonds is 5. The molecule has 1 saturated carbocycles. The number of aliphatic hydroxyl groups is 1. The summed E-state index contributed by atoms with van der Waals surface area (Å²) >= 11 is 0. The summed E-state index contributed by atoms with van der Waals surface area (Å²) in [5.41, 5.74) is -0.575. The van der Waals surface area contributed by atoms with Crippen molar-refractivity contribution in [3.8, 4) is 0 Å². The van der Waals surface area contributed by atoms with Gasteiger partial charge in [-0.2, -0.15) is 0 Å². The molecule has 0 amide bonds. The summed E-state index contributed by atoms with van der Waals surface area (Å²) in [5.74, 6) is 1.48. The van der Waals surface area contributed by atoms with Gasteiger partial charge in [0.05, 0.1) is 18.0 Å². The number of hydrogen-bond donors (Lipinski definition) is 3. The Morgan fingerprint density at radius 2 is 1.83 bits per heavy atom. The summed E-state index contributed by atoms with van der Waals surface area (Å²) in [7, 11) is 0. The topological polar surface area (TPSA) is 70.1 Å². The van der Waals surface area contributed by atoms with Crippen molar-refractivity contribution in [2.75, 3.05) is 23.7 Å². The number of nitrogens with one attached hydrogen (secondary N) is 2. The molecule has 1 aliphatic carbocycles. The number of hydrogen-bond acceptors (Lipinski definition) is 5. The monoisotopic (exact) mass is 250 g/mol. The summed E-state index contributed by atoms with van der Waals surface area (Å²) in [4.78, 5) is 8.50. The summed E-state index contributed by atoms with van der Waals surface area (Å²) in [6.45, 7) is 3.39. The van der Waals surface area contributed by atoms with Crippen molar-refractivity contribution in [3.05, 3.63) is 12.4 Å². The van der Waals surface area contributed by atoms with Crippen LogP contribution >= 0.6 is 0 Å². The summed E-state index contributed by atoms with van der Waals surface area (Å²) < 4.78 is 0. The SMILES string of the molecule is CCNc1cncc(NCC2(O)CCCCC2)n1. The van der Waals surface area contributed by atoms with Crippen molar-refractivity contribution >= 4 is 11.6 Å². The van der Waals surface area contributed by atoms with Crippen LogP contribution in [-0.4, -0.2) is 33.8 Å². The Bertz CT molecular complexity index is 377. The fourth-order valence-electron chi connectivity index (χ4n) is 2.36. The lowest BCUT2D eigenvalue weighted by Gasteiger charge is -2.32. The van der Waals surface area contributed by atoms with Gasteiger partial charge >= 0.3 is 0 Å². The third-order valence-electron chi connectivity index (χ3n) is 3.38. The van der Waals surface area contributed by atoms with E-state index in [9.17, 15) is 5.11 Å². The van der Waals surface area contributed by atoms with Crippen LogP contribution in [0.15, 0.2) is 12.4 Å². The Balaban J connectivity index is 1.90. The van der Waals surface area contributed by atoms with Gasteiger partial charge in [0.2, 0.25) is 0 Å². The number of nitrogens with zero attached hydrogens (tertiary/aromatic N) is 2. The van der Waals surface area contributed by atoms with E-state index >= 15 is 0 Å². The fraction of sp³-hybridized carbons (Fsp3) is 0.692. The Morgan fingerprint density at radius 3 is 2.50 bits per heavy atom. The lowest BCUT2D eigenvalue weighted by molar-refractivity contribution is 0.0166. The van der Waals surface area contributed by atoms with Gasteiger partial charge in [0.1, 0.15) is 11.6 Å². The first-order valence-electron chi connectivity index (χ1n) is 6.74. The predicted molar refractivity (Wildman–Crippen MR) is 72.7 cm³/mol. The molecule has 18 heavy (non-hydrogen) atoms. The zero-order valence-electron chi connectivity index (χ0n) is 10.9. The smallest absolute Gasteiger partial charge is 0.147 e. The van der Waals surface area contributed by atoms with E-state index in [4.69, 9.17) is 0 Å². The molecule has 1 aromatic rings. The van der Waals surface area contributed by atoms with Crippen molar-refractivity contribution in [1.29, 1.82) is 0 Å². The highest BCUT2D eigenvalue weighted by Gasteiger charge is 2.28. The van der Waals surface area contributed by atoms with Crippen LogP contribution in [0.4, 0.5) is 11.6 Å². The minimum absolute atomic E-state index is 0.553. The Kier molecular flexibility index (Phi) is 4.36. The Labute approximate surface area is 108 Å². The Morgan fingerprint density at radius 1 is 1.17 bits per heavy atom. The van der Waals surface area contributed by atoms with E-state index in [-0.39, 0.29) is 0 Å². The van der Waals surface area contributed by atoms with Crippen molar-refractivity contribution in [2.24, 2.45) is 0 Å². The van der Waals surface area contributed by atoms with E-state index in [0.717, 1.165) is 38.0 Å². The second-order valence-corrected chi connectivity index (χ2v) is 4.96. The molecule has 0 atom stereocenters. The molecule has 1 fully saturated rings. The maximum absolute atomic E-state index is 10.4. The fourth-order valence-corrected chi connectivity index (χ4v) is 2.36. The minimum Gasteiger partial charge on any atom is -0.388 e. The molecule has 2 rings (SSSR count). The number of aromatic nitrogens is 2. The van der Waals surface area contributed by atoms with Gasteiger partial charge in [-0.3, -0.25) is 4.98 Å². The first kappa shape index (κ1) is 13.1. The minimum atomic E-state index is -0.575. The van der Waals surface area contributed by atoms with E-state index in [1.54, 1.807) is 12.4 Å². The average Bonchev–Trinajstić information content (AvgIpc) is 2.38. The van der Waals surface area contributed by atoms with Crippen LogP contribution < -0.4 is 10.6 Å². The van der Waals surface area contributed by atoms with E-state index < -0.39 is 5.60 Å². The van der Waals surface area contributed by atoms with Crippen LogP contribution in [0.25, 0.3) is 0 Å². The Hall–Kier alpha value is -1.36.